The average Bonchev–Trinajstić information content (AvgIpc) is 2.81. The molecule has 5 heteroatoms. The van der Waals surface area contributed by atoms with E-state index in [-0.39, 0.29) is 11.7 Å². The van der Waals surface area contributed by atoms with Crippen molar-refractivity contribution in [3.63, 3.8) is 0 Å². The predicted octanol–water partition coefficient (Wildman–Crippen LogP) is 7.09. The van der Waals surface area contributed by atoms with Gasteiger partial charge in [0, 0.05) is 12.5 Å². The Kier molecular flexibility index (Phi) is 16.4. The van der Waals surface area contributed by atoms with Gasteiger partial charge in [0.05, 0.1) is 7.11 Å². The van der Waals surface area contributed by atoms with Gasteiger partial charge < -0.3 is 9.84 Å². The Morgan fingerprint density at radius 3 is 2.15 bits per heavy atom. The Bertz CT molecular complexity index is 739. The number of carbonyl (C=O) groups is 2. The number of rotatable bonds is 18. The van der Waals surface area contributed by atoms with Crippen LogP contribution in [0, 0.1) is 0 Å². The van der Waals surface area contributed by atoms with Crippen molar-refractivity contribution in [2.24, 2.45) is 0 Å². The number of methoxy groups -OCH3 is 1. The van der Waals surface area contributed by atoms with E-state index in [4.69, 9.17) is 4.74 Å². The van der Waals surface area contributed by atoms with Crippen LogP contribution in [0.5, 0.6) is 11.5 Å². The second-order valence-electron chi connectivity index (χ2n) is 8.51. The molecule has 0 bridgehead atoms. The third kappa shape index (κ3) is 15.0. The Labute approximate surface area is 200 Å². The van der Waals surface area contributed by atoms with Gasteiger partial charge in [-0.05, 0) is 55.9 Å². The highest BCUT2D eigenvalue weighted by Gasteiger charge is 2.05. The second-order valence-corrected chi connectivity index (χ2v) is 8.51. The molecular weight excluding hydrogens is 414 g/mol. The number of carbonyl (C=O) groups excluding carboxylic acids is 2. The molecule has 0 unspecified atom stereocenters. The van der Waals surface area contributed by atoms with Crippen LogP contribution in [-0.2, 0) is 9.59 Å². The molecule has 0 saturated carbocycles. The van der Waals surface area contributed by atoms with Crippen molar-refractivity contribution >= 4 is 17.9 Å². The number of hydrogen-bond donors (Lipinski definition) is 2. The normalized spacial score (nSPS) is 11.3. The summed E-state index contributed by atoms with van der Waals surface area (Å²) in [6.07, 6.45) is 23.6. The Morgan fingerprint density at radius 1 is 0.909 bits per heavy atom. The van der Waals surface area contributed by atoms with Gasteiger partial charge in [-0.1, -0.05) is 76.5 Å². The molecule has 2 amide bonds. The number of phenols is 1. The molecule has 0 fully saturated rings. The summed E-state index contributed by atoms with van der Waals surface area (Å²) >= 11 is 0. The molecule has 1 rings (SSSR count). The minimum atomic E-state index is -0.445. The number of phenolic OH excluding ortho intramolecular Hbond substituents is 1. The number of benzene rings is 1. The molecule has 1 aromatic carbocycles. The number of aromatic hydroxyl groups is 1. The van der Waals surface area contributed by atoms with Crippen LogP contribution in [0.1, 0.15) is 102 Å². The van der Waals surface area contributed by atoms with Gasteiger partial charge in [0.1, 0.15) is 0 Å². The van der Waals surface area contributed by atoms with Crippen molar-refractivity contribution in [2.45, 2.75) is 96.8 Å². The zero-order valence-corrected chi connectivity index (χ0v) is 20.6. The van der Waals surface area contributed by atoms with E-state index in [2.05, 4.69) is 24.4 Å². The lowest BCUT2D eigenvalue weighted by Gasteiger charge is -2.04. The van der Waals surface area contributed by atoms with Gasteiger partial charge in [0.15, 0.2) is 11.5 Å². The lowest BCUT2D eigenvalue weighted by Crippen LogP contribution is -2.28. The molecule has 184 valence electrons. The highest BCUT2D eigenvalue weighted by atomic mass is 16.5. The first-order valence-corrected chi connectivity index (χ1v) is 12.6. The first-order valence-electron chi connectivity index (χ1n) is 12.6. The van der Waals surface area contributed by atoms with Crippen LogP contribution in [0.25, 0.3) is 6.08 Å². The molecule has 0 aliphatic heterocycles. The molecule has 0 heterocycles. The number of nitrogens with one attached hydrogen (secondary N) is 1. The van der Waals surface area contributed by atoms with E-state index in [1.807, 2.05) is 0 Å². The molecule has 0 saturated heterocycles. The van der Waals surface area contributed by atoms with Gasteiger partial charge in [0.2, 0.25) is 5.91 Å². The van der Waals surface area contributed by atoms with Gasteiger partial charge in [-0.25, -0.2) is 0 Å². The lowest BCUT2D eigenvalue weighted by atomic mass is 10.1. The van der Waals surface area contributed by atoms with E-state index in [0.29, 0.717) is 17.7 Å². The van der Waals surface area contributed by atoms with Crippen LogP contribution in [-0.4, -0.2) is 24.0 Å². The van der Waals surface area contributed by atoms with Crippen LogP contribution < -0.4 is 10.1 Å². The summed E-state index contributed by atoms with van der Waals surface area (Å²) in [5, 5.41) is 12.0. The Morgan fingerprint density at radius 2 is 1.52 bits per heavy atom. The molecule has 0 spiro atoms. The van der Waals surface area contributed by atoms with E-state index in [1.54, 1.807) is 18.2 Å². The van der Waals surface area contributed by atoms with Crippen molar-refractivity contribution in [1.82, 2.24) is 5.32 Å². The molecular formula is C28H43NO4. The summed E-state index contributed by atoms with van der Waals surface area (Å²) in [6.45, 7) is 2.25. The summed E-state index contributed by atoms with van der Waals surface area (Å²) in [4.78, 5) is 23.8. The fourth-order valence-electron chi connectivity index (χ4n) is 3.57. The van der Waals surface area contributed by atoms with Gasteiger partial charge >= 0.3 is 0 Å². The molecule has 0 aromatic heterocycles. The molecule has 0 atom stereocenters. The maximum absolute atomic E-state index is 11.9. The van der Waals surface area contributed by atoms with E-state index in [0.717, 1.165) is 25.7 Å². The van der Waals surface area contributed by atoms with Crippen LogP contribution in [0.4, 0.5) is 0 Å². The van der Waals surface area contributed by atoms with Crippen molar-refractivity contribution in [2.75, 3.05) is 7.11 Å². The maximum atomic E-state index is 11.9. The van der Waals surface area contributed by atoms with Crippen molar-refractivity contribution in [1.29, 1.82) is 0 Å². The zero-order valence-electron chi connectivity index (χ0n) is 20.6. The number of unbranched alkanes of at least 4 members (excludes halogenated alkanes) is 11. The van der Waals surface area contributed by atoms with Crippen LogP contribution >= 0.6 is 0 Å². The van der Waals surface area contributed by atoms with Crippen LogP contribution in [0.3, 0.4) is 0 Å². The van der Waals surface area contributed by atoms with E-state index < -0.39 is 5.91 Å². The highest BCUT2D eigenvalue weighted by Crippen LogP contribution is 2.26. The monoisotopic (exact) mass is 457 g/mol. The number of amides is 2. The number of imide groups is 1. The van der Waals surface area contributed by atoms with Crippen molar-refractivity contribution in [3.05, 3.63) is 42.0 Å². The zero-order chi connectivity index (χ0) is 24.2. The van der Waals surface area contributed by atoms with Crippen LogP contribution in [0.15, 0.2) is 36.4 Å². The topological polar surface area (TPSA) is 75.6 Å². The third-order valence-corrected chi connectivity index (χ3v) is 5.56. The average molecular weight is 458 g/mol. The fraction of sp³-hybridized carbons (Fsp3) is 0.571. The minimum Gasteiger partial charge on any atom is -0.504 e. The van der Waals surface area contributed by atoms with Gasteiger partial charge in [-0.3, -0.25) is 14.9 Å². The molecule has 33 heavy (non-hydrogen) atoms. The number of ether oxygens (including phenoxy) is 1. The number of allylic oxidation sites excluding steroid dienone is 2. The van der Waals surface area contributed by atoms with Crippen molar-refractivity contribution < 1.29 is 19.4 Å². The molecule has 1 aromatic rings. The van der Waals surface area contributed by atoms with Gasteiger partial charge in [0.25, 0.3) is 5.91 Å². The lowest BCUT2D eigenvalue weighted by molar-refractivity contribution is -0.128. The van der Waals surface area contributed by atoms with Crippen molar-refractivity contribution in [3.8, 4) is 11.5 Å². The largest absolute Gasteiger partial charge is 0.504 e. The first-order chi connectivity index (χ1) is 16.1. The molecule has 0 aliphatic rings. The SMILES string of the molecule is CCCCCCCC/C=C\CCCCCCCC(=O)NC(=O)/C=C/c1ccc(O)c(OC)c1. The first kappa shape index (κ1) is 28.5. The van der Waals surface area contributed by atoms with E-state index in [9.17, 15) is 14.7 Å². The summed E-state index contributed by atoms with van der Waals surface area (Å²) in [5.41, 5.74) is 0.699. The summed E-state index contributed by atoms with van der Waals surface area (Å²) < 4.78 is 5.03. The maximum Gasteiger partial charge on any atom is 0.250 e. The summed E-state index contributed by atoms with van der Waals surface area (Å²) in [6, 6.07) is 4.77. The quantitative estimate of drug-likeness (QED) is 0.140. The molecule has 2 N–H and O–H groups in total. The Hall–Kier alpha value is -2.56. The van der Waals surface area contributed by atoms with Gasteiger partial charge in [-0.15, -0.1) is 0 Å². The summed E-state index contributed by atoms with van der Waals surface area (Å²) in [5.74, 6) is -0.322. The number of hydrogen-bond acceptors (Lipinski definition) is 4. The second kappa shape index (κ2) is 19.0. The third-order valence-electron chi connectivity index (χ3n) is 5.56. The van der Waals surface area contributed by atoms with E-state index in [1.165, 1.54) is 77.0 Å². The molecule has 5 nitrogen and oxygen atoms in total. The molecule has 0 aliphatic carbocycles. The van der Waals surface area contributed by atoms with Gasteiger partial charge in [-0.2, -0.15) is 0 Å². The van der Waals surface area contributed by atoms with E-state index >= 15 is 0 Å². The predicted molar refractivity (Wildman–Crippen MR) is 136 cm³/mol. The minimum absolute atomic E-state index is 0.0363. The Balaban J connectivity index is 2.02. The van der Waals surface area contributed by atoms with Crippen LogP contribution in [0.2, 0.25) is 0 Å². The standard InChI is InChI=1S/C28H43NO4/c1-3-4-5-6-7-8-9-10-11-12-13-14-15-16-17-18-27(31)29-28(32)22-20-24-19-21-25(30)26(23-24)33-2/h10-11,19-23,30H,3-9,12-18H2,1-2H3,(H,29,31,32)/b11-10-,22-20+. The molecule has 0 radical (unpaired) electrons. The smallest absolute Gasteiger partial charge is 0.250 e. The summed E-state index contributed by atoms with van der Waals surface area (Å²) in [7, 11) is 1.46. The highest BCUT2D eigenvalue weighted by molar-refractivity contribution is 6.02. The fourth-order valence-corrected chi connectivity index (χ4v) is 3.57.